The van der Waals surface area contributed by atoms with Crippen LogP contribution in [0.1, 0.15) is 11.3 Å². The minimum Gasteiger partial charge on any atom is -0.355 e. The summed E-state index contributed by atoms with van der Waals surface area (Å²) in [5.74, 6) is -0.553. The predicted octanol–water partition coefficient (Wildman–Crippen LogP) is 4.34. The molecule has 0 radical (unpaired) electrons. The normalized spacial score (nSPS) is 12.1. The van der Waals surface area contributed by atoms with Crippen LogP contribution in [-0.2, 0) is 16.5 Å². The van der Waals surface area contributed by atoms with Crippen LogP contribution in [0.3, 0.4) is 0 Å². The third-order valence-corrected chi connectivity index (χ3v) is 4.71. The lowest BCUT2D eigenvalue weighted by molar-refractivity contribution is -0.0502. The van der Waals surface area contributed by atoms with E-state index in [2.05, 4.69) is 9.28 Å². The molecule has 1 heterocycles. The Morgan fingerprint density at radius 3 is 2.26 bits per heavy atom. The molecule has 0 fully saturated rings. The second kappa shape index (κ2) is 7.24. The Kier molecular flexibility index (Phi) is 5.16. The first-order valence-corrected chi connectivity index (χ1v) is 9.34. The third-order valence-electron chi connectivity index (χ3n) is 3.51. The number of benzene rings is 2. The number of rotatable bonds is 5. The Hall–Kier alpha value is -2.52. The molecule has 3 aromatic rings. The summed E-state index contributed by atoms with van der Waals surface area (Å²) in [5, 5.41) is 4.73. The lowest BCUT2D eigenvalue weighted by Gasteiger charge is -2.10. The summed E-state index contributed by atoms with van der Waals surface area (Å²) >= 11 is 5.83. The maximum absolute atomic E-state index is 12.7. The van der Waals surface area contributed by atoms with Crippen LogP contribution in [0, 0.1) is 0 Å². The summed E-state index contributed by atoms with van der Waals surface area (Å²) in [6.07, 6.45) is 0.249. The molecule has 27 heavy (non-hydrogen) atoms. The van der Waals surface area contributed by atoms with Gasteiger partial charge >= 0.3 is 15.6 Å². The molecule has 2 aromatic carbocycles. The number of para-hydroxylation sites is 1. The van der Waals surface area contributed by atoms with E-state index in [4.69, 9.17) is 11.6 Å². The van der Waals surface area contributed by atoms with Crippen molar-refractivity contribution in [3.05, 3.63) is 76.9 Å². The summed E-state index contributed by atoms with van der Waals surface area (Å²) in [6.45, 7) is 0. The molecule has 0 unspecified atom stereocenters. The number of halogens is 4. The molecule has 0 saturated heterocycles. The molecule has 0 aliphatic rings. The average Bonchev–Trinajstić information content (AvgIpc) is 2.98. The molecule has 5 nitrogen and oxygen atoms in total. The van der Waals surface area contributed by atoms with E-state index in [1.165, 1.54) is 0 Å². The Balaban J connectivity index is 2.00. The van der Waals surface area contributed by atoms with Crippen LogP contribution in [0.15, 0.2) is 60.7 Å². The lowest BCUT2D eigenvalue weighted by atomic mass is 10.1. The monoisotopic (exact) mass is 416 g/mol. The van der Waals surface area contributed by atoms with Gasteiger partial charge in [0, 0.05) is 17.5 Å². The van der Waals surface area contributed by atoms with Gasteiger partial charge in [-0.1, -0.05) is 41.9 Å². The molecule has 10 heteroatoms. The molecule has 1 aromatic heterocycles. The van der Waals surface area contributed by atoms with E-state index in [-0.39, 0.29) is 6.42 Å². The van der Waals surface area contributed by atoms with Gasteiger partial charge in [-0.2, -0.15) is 31.4 Å². The molecule has 0 amide bonds. The highest BCUT2D eigenvalue weighted by molar-refractivity contribution is 7.87. The van der Waals surface area contributed by atoms with Crippen molar-refractivity contribution in [3.63, 3.8) is 0 Å². The number of hydrogen-bond acceptors (Lipinski definition) is 4. The lowest BCUT2D eigenvalue weighted by Crippen LogP contribution is -2.28. The number of nitrogens with zero attached hydrogens (tertiary/aromatic N) is 2. The predicted molar refractivity (Wildman–Crippen MR) is 93.4 cm³/mol. The minimum absolute atomic E-state index is 0.249. The van der Waals surface area contributed by atoms with Gasteiger partial charge < -0.3 is 4.18 Å². The van der Waals surface area contributed by atoms with Crippen molar-refractivity contribution < 1.29 is 25.8 Å². The van der Waals surface area contributed by atoms with Crippen molar-refractivity contribution in [2.75, 3.05) is 0 Å². The Morgan fingerprint density at radius 1 is 1.04 bits per heavy atom. The Morgan fingerprint density at radius 2 is 1.67 bits per heavy atom. The largest absolute Gasteiger partial charge is 0.534 e. The highest BCUT2D eigenvalue weighted by Crippen LogP contribution is 2.29. The van der Waals surface area contributed by atoms with E-state index < -0.39 is 21.5 Å². The zero-order valence-corrected chi connectivity index (χ0v) is 15.1. The van der Waals surface area contributed by atoms with Gasteiger partial charge in [0.05, 0.1) is 11.4 Å². The van der Waals surface area contributed by atoms with Crippen molar-refractivity contribution in [2.45, 2.75) is 11.9 Å². The maximum atomic E-state index is 12.7. The fraction of sp³-hybridized carbons (Fsp3) is 0.118. The molecular weight excluding hydrogens is 405 g/mol. The zero-order chi connectivity index (χ0) is 19.7. The number of alkyl halides is 3. The van der Waals surface area contributed by atoms with Gasteiger partial charge in [-0.05, 0) is 29.8 Å². The molecule has 3 rings (SSSR count). The van der Waals surface area contributed by atoms with Crippen molar-refractivity contribution >= 4 is 21.7 Å². The second-order valence-electron chi connectivity index (χ2n) is 5.51. The summed E-state index contributed by atoms with van der Waals surface area (Å²) in [4.78, 5) is 0. The van der Waals surface area contributed by atoms with Gasteiger partial charge in [0.2, 0.25) is 5.88 Å². The second-order valence-corrected chi connectivity index (χ2v) is 7.48. The Labute approximate surface area is 158 Å². The fourth-order valence-electron chi connectivity index (χ4n) is 2.28. The molecule has 0 bridgehead atoms. The SMILES string of the molecule is O=S(=O)(Oc1cc(Cc2ccc(Cl)cc2)nn1-c1ccccc1)C(F)(F)F. The summed E-state index contributed by atoms with van der Waals surface area (Å²) in [5.41, 5.74) is -4.07. The average molecular weight is 417 g/mol. The van der Waals surface area contributed by atoms with E-state index in [1.807, 2.05) is 0 Å². The molecule has 0 saturated carbocycles. The van der Waals surface area contributed by atoms with E-state index in [1.54, 1.807) is 54.6 Å². The van der Waals surface area contributed by atoms with E-state index in [9.17, 15) is 21.6 Å². The number of hydrogen-bond donors (Lipinski definition) is 0. The highest BCUT2D eigenvalue weighted by atomic mass is 35.5. The standard InChI is InChI=1S/C17H12ClF3N2O3S/c18-13-8-6-12(7-9-13)10-14-11-16(26-27(24,25)17(19,20)21)23(22-14)15-4-2-1-3-5-15/h1-9,11H,10H2. The van der Waals surface area contributed by atoms with Gasteiger partial charge in [0.15, 0.2) is 0 Å². The first-order valence-electron chi connectivity index (χ1n) is 7.55. The quantitative estimate of drug-likeness (QED) is 0.458. The van der Waals surface area contributed by atoms with Crippen LogP contribution < -0.4 is 4.18 Å². The van der Waals surface area contributed by atoms with Gasteiger partial charge in [-0.3, -0.25) is 0 Å². The van der Waals surface area contributed by atoms with Gasteiger partial charge in [-0.25, -0.2) is 0 Å². The van der Waals surface area contributed by atoms with E-state index in [0.29, 0.717) is 16.4 Å². The van der Waals surface area contributed by atoms with Gasteiger partial charge in [0.25, 0.3) is 0 Å². The highest BCUT2D eigenvalue weighted by Gasteiger charge is 2.49. The molecule has 0 aliphatic heterocycles. The van der Waals surface area contributed by atoms with Crippen LogP contribution in [0.25, 0.3) is 5.69 Å². The third kappa shape index (κ3) is 4.42. The van der Waals surface area contributed by atoms with Crippen LogP contribution in [0.5, 0.6) is 5.88 Å². The van der Waals surface area contributed by atoms with Crippen LogP contribution in [-0.4, -0.2) is 23.7 Å². The fourth-order valence-corrected chi connectivity index (χ4v) is 2.85. The topological polar surface area (TPSA) is 61.2 Å². The zero-order valence-electron chi connectivity index (χ0n) is 13.5. The molecular formula is C17H12ClF3N2O3S. The van der Waals surface area contributed by atoms with Gasteiger partial charge in [0.1, 0.15) is 0 Å². The van der Waals surface area contributed by atoms with Crippen molar-refractivity contribution in [3.8, 4) is 11.6 Å². The first-order chi connectivity index (χ1) is 12.7. The summed E-state index contributed by atoms with van der Waals surface area (Å²) in [7, 11) is -5.82. The van der Waals surface area contributed by atoms with Gasteiger partial charge in [-0.15, -0.1) is 0 Å². The molecule has 0 aliphatic carbocycles. The molecule has 0 atom stereocenters. The van der Waals surface area contributed by atoms with Crippen molar-refractivity contribution in [1.29, 1.82) is 0 Å². The number of aromatic nitrogens is 2. The first kappa shape index (κ1) is 19.2. The summed E-state index contributed by atoms with van der Waals surface area (Å²) < 4.78 is 66.2. The van der Waals surface area contributed by atoms with Crippen molar-refractivity contribution in [2.24, 2.45) is 0 Å². The van der Waals surface area contributed by atoms with Crippen molar-refractivity contribution in [1.82, 2.24) is 9.78 Å². The minimum atomic E-state index is -5.82. The molecule has 142 valence electrons. The molecule has 0 N–H and O–H groups in total. The van der Waals surface area contributed by atoms with E-state index >= 15 is 0 Å². The molecule has 0 spiro atoms. The summed E-state index contributed by atoms with van der Waals surface area (Å²) in [6, 6.07) is 16.1. The van der Waals surface area contributed by atoms with E-state index in [0.717, 1.165) is 16.3 Å². The van der Waals surface area contributed by atoms with Crippen LogP contribution in [0.2, 0.25) is 5.02 Å². The van der Waals surface area contributed by atoms with Crippen LogP contribution in [0.4, 0.5) is 13.2 Å². The smallest absolute Gasteiger partial charge is 0.355 e. The maximum Gasteiger partial charge on any atom is 0.534 e. The van der Waals surface area contributed by atoms with Crippen LogP contribution >= 0.6 is 11.6 Å². The Bertz CT molecular complexity index is 1030.